The zero-order valence-corrected chi connectivity index (χ0v) is 20.2. The standard InChI is InChI=1S/C24H32N6O2S/c1-16-8-7-9-17(2)29(16)22(32)14-28-19-12-5-6-13-20(19)30-23(28)26-27-24(30)33-15-21(31)25-18-10-3-4-11-18/h5-6,12-13,16-18H,3-4,7-11,14-15H2,1-2H3,(H,25,31)/t16-,17+. The van der Waals surface area contributed by atoms with Gasteiger partial charge in [-0.3, -0.25) is 18.6 Å². The van der Waals surface area contributed by atoms with Gasteiger partial charge in [0.2, 0.25) is 17.6 Å². The summed E-state index contributed by atoms with van der Waals surface area (Å²) in [5, 5.41) is 12.6. The van der Waals surface area contributed by atoms with Gasteiger partial charge < -0.3 is 10.2 Å². The molecule has 2 amide bonds. The summed E-state index contributed by atoms with van der Waals surface area (Å²) in [7, 11) is 0. The van der Waals surface area contributed by atoms with Gasteiger partial charge in [0, 0.05) is 18.1 Å². The molecule has 2 aliphatic rings. The third kappa shape index (κ3) is 4.35. The molecule has 9 heteroatoms. The minimum atomic E-state index is 0.0376. The molecule has 0 radical (unpaired) electrons. The number of carbonyl (C=O) groups is 2. The second-order valence-electron chi connectivity index (χ2n) is 9.46. The maximum Gasteiger partial charge on any atom is 0.243 e. The van der Waals surface area contributed by atoms with E-state index in [9.17, 15) is 9.59 Å². The normalized spacial score (nSPS) is 21.8. The lowest BCUT2D eigenvalue weighted by molar-refractivity contribution is -0.137. The average Bonchev–Trinajstić information content (AvgIpc) is 3.51. The van der Waals surface area contributed by atoms with Gasteiger partial charge in [0.15, 0.2) is 5.16 Å². The van der Waals surface area contributed by atoms with Crippen LogP contribution in [-0.2, 0) is 16.1 Å². The Morgan fingerprint density at radius 3 is 2.42 bits per heavy atom. The van der Waals surface area contributed by atoms with Crippen molar-refractivity contribution in [2.24, 2.45) is 0 Å². The highest BCUT2D eigenvalue weighted by molar-refractivity contribution is 7.99. The van der Waals surface area contributed by atoms with Crippen molar-refractivity contribution >= 4 is 40.4 Å². The molecule has 0 spiro atoms. The zero-order valence-electron chi connectivity index (χ0n) is 19.4. The highest BCUT2D eigenvalue weighted by Gasteiger charge is 2.30. The summed E-state index contributed by atoms with van der Waals surface area (Å²) in [5.74, 6) is 1.10. The largest absolute Gasteiger partial charge is 0.353 e. The molecule has 2 fully saturated rings. The van der Waals surface area contributed by atoms with Gasteiger partial charge in [-0.2, -0.15) is 0 Å². The first-order valence-electron chi connectivity index (χ1n) is 12.1. The van der Waals surface area contributed by atoms with Gasteiger partial charge in [0.1, 0.15) is 6.54 Å². The fraction of sp³-hybridized carbons (Fsp3) is 0.583. The number of hydrogen-bond acceptors (Lipinski definition) is 5. The summed E-state index contributed by atoms with van der Waals surface area (Å²) in [6, 6.07) is 8.80. The first kappa shape index (κ1) is 22.3. The van der Waals surface area contributed by atoms with Crippen LogP contribution in [0.15, 0.2) is 29.4 Å². The number of para-hydroxylation sites is 2. The molecule has 0 unspecified atom stereocenters. The van der Waals surface area contributed by atoms with Crippen LogP contribution in [-0.4, -0.2) is 59.8 Å². The van der Waals surface area contributed by atoms with Gasteiger partial charge in [-0.05, 0) is 58.1 Å². The van der Waals surface area contributed by atoms with E-state index in [-0.39, 0.29) is 30.4 Å². The molecule has 1 aliphatic heterocycles. The van der Waals surface area contributed by atoms with Gasteiger partial charge in [-0.1, -0.05) is 36.7 Å². The predicted octanol–water partition coefficient (Wildman–Crippen LogP) is 3.62. The molecule has 0 bridgehead atoms. The monoisotopic (exact) mass is 468 g/mol. The Morgan fingerprint density at radius 1 is 1.00 bits per heavy atom. The van der Waals surface area contributed by atoms with Crippen LogP contribution in [0.25, 0.3) is 16.8 Å². The number of nitrogens with zero attached hydrogens (tertiary/aromatic N) is 5. The van der Waals surface area contributed by atoms with Crippen molar-refractivity contribution in [2.75, 3.05) is 5.75 Å². The zero-order chi connectivity index (χ0) is 22.9. The molecule has 2 atom stereocenters. The smallest absolute Gasteiger partial charge is 0.243 e. The number of aromatic nitrogens is 4. The van der Waals surface area contributed by atoms with Crippen LogP contribution < -0.4 is 5.32 Å². The number of fused-ring (bicyclic) bond motifs is 3. The van der Waals surface area contributed by atoms with Crippen molar-refractivity contribution in [1.29, 1.82) is 0 Å². The molecular formula is C24H32N6O2S. The molecule has 8 nitrogen and oxygen atoms in total. The van der Waals surface area contributed by atoms with Crippen LogP contribution in [0.4, 0.5) is 0 Å². The molecule has 3 aromatic rings. The first-order valence-corrected chi connectivity index (χ1v) is 13.1. The molecule has 2 aromatic heterocycles. The number of amides is 2. The van der Waals surface area contributed by atoms with Crippen LogP contribution in [0.5, 0.6) is 0 Å². The lowest BCUT2D eigenvalue weighted by Crippen LogP contribution is -2.48. The molecule has 3 heterocycles. The van der Waals surface area contributed by atoms with Crippen LogP contribution in [0.2, 0.25) is 0 Å². The number of thioether (sulfide) groups is 1. The molecule has 1 aliphatic carbocycles. The number of rotatable bonds is 6. The van der Waals surface area contributed by atoms with Gasteiger partial charge in [0.25, 0.3) is 0 Å². The number of carbonyl (C=O) groups excluding carboxylic acids is 2. The quantitative estimate of drug-likeness (QED) is 0.559. The third-order valence-corrected chi connectivity index (χ3v) is 8.03. The van der Waals surface area contributed by atoms with Gasteiger partial charge in [0.05, 0.1) is 16.8 Å². The Morgan fingerprint density at radius 2 is 1.70 bits per heavy atom. The number of hydrogen-bond donors (Lipinski definition) is 1. The highest BCUT2D eigenvalue weighted by atomic mass is 32.2. The molecule has 1 aromatic carbocycles. The number of piperidine rings is 1. The second-order valence-corrected chi connectivity index (χ2v) is 10.4. The first-order chi connectivity index (χ1) is 16.0. The number of imidazole rings is 1. The van der Waals surface area contributed by atoms with Gasteiger partial charge in [-0.15, -0.1) is 10.2 Å². The third-order valence-electron chi connectivity index (χ3n) is 7.10. The fourth-order valence-electron chi connectivity index (χ4n) is 5.49. The van der Waals surface area contributed by atoms with E-state index in [0.29, 0.717) is 22.7 Å². The van der Waals surface area contributed by atoms with E-state index in [0.717, 1.165) is 36.7 Å². The molecule has 5 rings (SSSR count). The van der Waals surface area contributed by atoms with Crippen LogP contribution in [0.1, 0.15) is 58.8 Å². The van der Waals surface area contributed by atoms with E-state index in [4.69, 9.17) is 0 Å². The van der Waals surface area contributed by atoms with Crippen LogP contribution in [0.3, 0.4) is 0 Å². The Hall–Kier alpha value is -2.55. The minimum absolute atomic E-state index is 0.0376. The fourth-order valence-corrected chi connectivity index (χ4v) is 6.24. The number of likely N-dealkylation sites (tertiary alicyclic amines) is 1. The van der Waals surface area contributed by atoms with Gasteiger partial charge in [-0.25, -0.2) is 0 Å². The molecule has 1 saturated carbocycles. The second kappa shape index (κ2) is 9.37. The molecule has 33 heavy (non-hydrogen) atoms. The summed E-state index contributed by atoms with van der Waals surface area (Å²) >= 11 is 1.39. The van der Waals surface area contributed by atoms with Crippen LogP contribution >= 0.6 is 11.8 Å². The van der Waals surface area contributed by atoms with E-state index in [1.807, 2.05) is 38.1 Å². The van der Waals surface area contributed by atoms with Crippen molar-refractivity contribution in [1.82, 2.24) is 29.4 Å². The minimum Gasteiger partial charge on any atom is -0.353 e. The van der Waals surface area contributed by atoms with E-state index in [1.165, 1.54) is 31.0 Å². The maximum absolute atomic E-state index is 13.3. The Bertz CT molecular complexity index is 1150. The summed E-state index contributed by atoms with van der Waals surface area (Å²) in [6.45, 7) is 4.51. The molecular weight excluding hydrogens is 436 g/mol. The molecule has 1 saturated heterocycles. The predicted molar refractivity (Wildman–Crippen MR) is 129 cm³/mol. The van der Waals surface area contributed by atoms with Crippen LogP contribution in [0, 0.1) is 0 Å². The molecule has 1 N–H and O–H groups in total. The van der Waals surface area contributed by atoms with Crippen molar-refractivity contribution in [3.8, 4) is 0 Å². The summed E-state index contributed by atoms with van der Waals surface area (Å²) in [5.41, 5.74) is 1.90. The highest BCUT2D eigenvalue weighted by Crippen LogP contribution is 2.28. The van der Waals surface area contributed by atoms with Crippen molar-refractivity contribution in [3.63, 3.8) is 0 Å². The Balaban J connectivity index is 1.39. The topological polar surface area (TPSA) is 84.5 Å². The number of nitrogens with one attached hydrogen (secondary N) is 1. The Kier molecular flexibility index (Phi) is 6.32. The lowest BCUT2D eigenvalue weighted by Gasteiger charge is -2.39. The maximum atomic E-state index is 13.3. The van der Waals surface area contributed by atoms with Crippen molar-refractivity contribution in [2.45, 2.75) is 88.6 Å². The lowest BCUT2D eigenvalue weighted by atomic mass is 9.97. The van der Waals surface area contributed by atoms with E-state index >= 15 is 0 Å². The van der Waals surface area contributed by atoms with Gasteiger partial charge >= 0.3 is 0 Å². The molecule has 176 valence electrons. The SMILES string of the molecule is C[C@@H]1CCC[C@H](C)N1C(=O)Cn1c2ccccc2n2c(SCC(=O)NC3CCCC3)nnc12. The Labute approximate surface area is 198 Å². The average molecular weight is 469 g/mol. The van der Waals surface area contributed by atoms with E-state index < -0.39 is 0 Å². The van der Waals surface area contributed by atoms with Crippen molar-refractivity contribution < 1.29 is 9.59 Å². The van der Waals surface area contributed by atoms with E-state index in [1.54, 1.807) is 0 Å². The van der Waals surface area contributed by atoms with E-state index in [2.05, 4.69) is 29.4 Å². The summed E-state index contributed by atoms with van der Waals surface area (Å²) < 4.78 is 3.93. The number of benzene rings is 1. The summed E-state index contributed by atoms with van der Waals surface area (Å²) in [6.07, 6.45) is 7.79. The van der Waals surface area contributed by atoms with Crippen molar-refractivity contribution in [3.05, 3.63) is 24.3 Å². The summed E-state index contributed by atoms with van der Waals surface area (Å²) in [4.78, 5) is 27.8.